The molecule has 0 aliphatic carbocycles. The molecule has 4 N–H and O–H groups in total. The number of carbonyl (C=O) groups is 5. The fourth-order valence-corrected chi connectivity index (χ4v) is 6.26. The number of fused-ring (bicyclic) bond motifs is 1. The molecule has 0 saturated carbocycles. The van der Waals surface area contributed by atoms with E-state index in [-0.39, 0.29) is 0 Å². The summed E-state index contributed by atoms with van der Waals surface area (Å²) in [5.74, 6) is -5.28. The average molecular weight is 602 g/mol. The van der Waals surface area contributed by atoms with Crippen molar-refractivity contribution < 1.29 is 38.2 Å². The standard InChI is InChI=1S/C31H28N3O8P/c35-27(20-42-43(41,22-12-3-1-4-13-22)23-14-5-2-6-15-23)26(18-29(37)38)33-28(36)19-32-30(39)31(40)34-25-17-9-11-21-10-7-8-16-24(21)25/h1-17,26H,18-20H2,(H,32,39)(H,33,36)(H,34,40)(H,37,38)/t26-/m0/s1. The molecule has 4 rings (SSSR count). The highest BCUT2D eigenvalue weighted by Crippen LogP contribution is 2.44. The zero-order valence-electron chi connectivity index (χ0n) is 22.8. The van der Waals surface area contributed by atoms with Crippen molar-refractivity contribution in [2.75, 3.05) is 18.5 Å². The van der Waals surface area contributed by atoms with Gasteiger partial charge in [-0.1, -0.05) is 72.8 Å². The lowest BCUT2D eigenvalue weighted by atomic mass is 10.1. The van der Waals surface area contributed by atoms with E-state index >= 15 is 0 Å². The Balaban J connectivity index is 1.37. The van der Waals surface area contributed by atoms with Gasteiger partial charge >= 0.3 is 17.8 Å². The summed E-state index contributed by atoms with van der Waals surface area (Å²) >= 11 is 0. The van der Waals surface area contributed by atoms with Gasteiger partial charge in [-0.2, -0.15) is 0 Å². The normalized spacial score (nSPS) is 11.7. The molecule has 0 spiro atoms. The van der Waals surface area contributed by atoms with E-state index in [0.29, 0.717) is 21.7 Å². The number of Topliss-reactive ketones (excluding diaryl/α,β-unsaturated/α-hetero) is 1. The molecule has 4 aromatic carbocycles. The third-order valence-corrected chi connectivity index (χ3v) is 8.79. The van der Waals surface area contributed by atoms with Crippen LogP contribution >= 0.6 is 7.37 Å². The number of hydrogen-bond acceptors (Lipinski definition) is 7. The van der Waals surface area contributed by atoms with Crippen LogP contribution in [-0.4, -0.2) is 53.8 Å². The zero-order valence-corrected chi connectivity index (χ0v) is 23.7. The fraction of sp³-hybridized carbons (Fsp3) is 0.129. The molecule has 0 heterocycles. The van der Waals surface area contributed by atoms with Gasteiger partial charge in [-0.25, -0.2) is 0 Å². The van der Waals surface area contributed by atoms with Crippen LogP contribution in [0, 0.1) is 0 Å². The molecule has 4 aromatic rings. The minimum atomic E-state index is -3.75. The van der Waals surface area contributed by atoms with Crippen molar-refractivity contribution in [3.63, 3.8) is 0 Å². The number of nitrogens with one attached hydrogen (secondary N) is 3. The molecule has 0 aliphatic rings. The molecular formula is C31H28N3O8P. The van der Waals surface area contributed by atoms with E-state index in [1.165, 1.54) is 0 Å². The predicted molar refractivity (Wildman–Crippen MR) is 160 cm³/mol. The lowest BCUT2D eigenvalue weighted by Gasteiger charge is -2.21. The predicted octanol–water partition coefficient (Wildman–Crippen LogP) is 2.37. The fourth-order valence-electron chi connectivity index (χ4n) is 4.22. The van der Waals surface area contributed by atoms with Gasteiger partial charge in [-0.05, 0) is 35.7 Å². The first-order valence-electron chi connectivity index (χ1n) is 13.1. The lowest BCUT2D eigenvalue weighted by molar-refractivity contribution is -0.140. The van der Waals surface area contributed by atoms with E-state index in [2.05, 4.69) is 16.0 Å². The second kappa shape index (κ2) is 14.2. The van der Waals surface area contributed by atoms with Gasteiger partial charge in [0, 0.05) is 21.7 Å². The van der Waals surface area contributed by atoms with Gasteiger partial charge < -0.3 is 25.6 Å². The molecule has 0 unspecified atom stereocenters. The number of carboxylic acids is 1. The summed E-state index contributed by atoms with van der Waals surface area (Å²) in [5, 5.41) is 18.4. The van der Waals surface area contributed by atoms with Crippen molar-refractivity contribution in [2.24, 2.45) is 0 Å². The second-order valence-corrected chi connectivity index (χ2v) is 11.7. The molecular weight excluding hydrogens is 573 g/mol. The van der Waals surface area contributed by atoms with Crippen LogP contribution in [0.1, 0.15) is 6.42 Å². The number of anilines is 1. The van der Waals surface area contributed by atoms with Crippen LogP contribution in [0.2, 0.25) is 0 Å². The highest BCUT2D eigenvalue weighted by Gasteiger charge is 2.32. The number of benzene rings is 4. The van der Waals surface area contributed by atoms with Crippen LogP contribution in [0.4, 0.5) is 5.69 Å². The molecule has 0 radical (unpaired) electrons. The van der Waals surface area contributed by atoms with Gasteiger partial charge in [0.05, 0.1) is 13.0 Å². The smallest absolute Gasteiger partial charge is 0.313 e. The third-order valence-electron chi connectivity index (χ3n) is 6.34. The molecule has 0 aliphatic heterocycles. The molecule has 220 valence electrons. The highest BCUT2D eigenvalue weighted by molar-refractivity contribution is 7.74. The summed E-state index contributed by atoms with van der Waals surface area (Å²) < 4.78 is 19.6. The summed E-state index contributed by atoms with van der Waals surface area (Å²) in [6.07, 6.45) is -0.787. The van der Waals surface area contributed by atoms with Crippen molar-refractivity contribution in [3.05, 3.63) is 103 Å². The van der Waals surface area contributed by atoms with Gasteiger partial charge in [-0.3, -0.25) is 28.5 Å². The van der Waals surface area contributed by atoms with E-state index in [9.17, 15) is 33.6 Å². The van der Waals surface area contributed by atoms with Crippen molar-refractivity contribution in [1.29, 1.82) is 0 Å². The molecule has 1 atom stereocenters. The first kappa shape index (κ1) is 30.8. The highest BCUT2D eigenvalue weighted by atomic mass is 31.2. The molecule has 0 saturated heterocycles. The minimum absolute atomic E-state index is 0.331. The quantitative estimate of drug-likeness (QED) is 0.142. The van der Waals surface area contributed by atoms with E-state index in [0.717, 1.165) is 5.39 Å². The van der Waals surface area contributed by atoms with Gasteiger partial charge in [0.15, 0.2) is 5.78 Å². The van der Waals surface area contributed by atoms with Crippen LogP contribution in [0.3, 0.4) is 0 Å². The Hall–Kier alpha value is -5.12. The van der Waals surface area contributed by atoms with Crippen LogP contribution in [0.25, 0.3) is 10.8 Å². The van der Waals surface area contributed by atoms with Crippen LogP contribution in [0.5, 0.6) is 0 Å². The topological polar surface area (TPSA) is 168 Å². The summed E-state index contributed by atoms with van der Waals surface area (Å²) in [7, 11) is -3.75. The first-order valence-corrected chi connectivity index (χ1v) is 14.8. The summed E-state index contributed by atoms with van der Waals surface area (Å²) in [6.45, 7) is -1.47. The molecule has 0 bridgehead atoms. The Bertz CT molecular complexity index is 1650. The van der Waals surface area contributed by atoms with E-state index in [1.807, 2.05) is 18.2 Å². The summed E-state index contributed by atoms with van der Waals surface area (Å²) in [4.78, 5) is 61.8. The zero-order chi connectivity index (χ0) is 30.8. The van der Waals surface area contributed by atoms with Crippen LogP contribution in [-0.2, 0) is 33.1 Å². The van der Waals surface area contributed by atoms with Crippen molar-refractivity contribution in [1.82, 2.24) is 10.6 Å². The number of carboxylic acid groups (broad SMARTS) is 1. The molecule has 43 heavy (non-hydrogen) atoms. The average Bonchev–Trinajstić information content (AvgIpc) is 3.02. The first-order chi connectivity index (χ1) is 20.7. The number of hydrogen-bond donors (Lipinski definition) is 4. The maximum Gasteiger partial charge on any atom is 0.313 e. The van der Waals surface area contributed by atoms with Crippen molar-refractivity contribution >= 4 is 63.9 Å². The van der Waals surface area contributed by atoms with E-state index in [1.54, 1.807) is 84.9 Å². The lowest BCUT2D eigenvalue weighted by Crippen LogP contribution is -2.48. The number of amides is 3. The summed E-state index contributed by atoms with van der Waals surface area (Å²) in [6, 6.07) is 27.4. The maximum atomic E-state index is 14.0. The Morgan fingerprint density at radius 3 is 1.95 bits per heavy atom. The Kier molecular flexibility index (Phi) is 10.2. The molecule has 3 amide bonds. The minimum Gasteiger partial charge on any atom is -0.481 e. The SMILES string of the molecule is O=C(O)C[C@H](NC(=O)CNC(=O)C(=O)Nc1cccc2ccccc12)C(=O)COP(=O)(c1ccccc1)c1ccccc1. The molecule has 12 heteroatoms. The van der Waals surface area contributed by atoms with Gasteiger partial charge in [-0.15, -0.1) is 0 Å². The number of rotatable bonds is 12. The van der Waals surface area contributed by atoms with Crippen molar-refractivity contribution in [3.8, 4) is 0 Å². The van der Waals surface area contributed by atoms with E-state index < -0.39 is 62.5 Å². The Morgan fingerprint density at radius 2 is 1.33 bits per heavy atom. The summed E-state index contributed by atoms with van der Waals surface area (Å²) in [5.41, 5.74) is 0.401. The maximum absolute atomic E-state index is 14.0. The number of carbonyl (C=O) groups excluding carboxylic acids is 4. The van der Waals surface area contributed by atoms with E-state index in [4.69, 9.17) is 4.52 Å². The van der Waals surface area contributed by atoms with Gasteiger partial charge in [0.25, 0.3) is 7.37 Å². The monoisotopic (exact) mass is 601 g/mol. The molecule has 0 fully saturated rings. The van der Waals surface area contributed by atoms with Crippen LogP contribution in [0.15, 0.2) is 103 Å². The third kappa shape index (κ3) is 8.00. The number of ketones is 1. The van der Waals surface area contributed by atoms with Gasteiger partial charge in [0.2, 0.25) is 5.91 Å². The van der Waals surface area contributed by atoms with Crippen molar-refractivity contribution in [2.45, 2.75) is 12.5 Å². The van der Waals surface area contributed by atoms with Gasteiger partial charge in [0.1, 0.15) is 12.6 Å². The number of aliphatic carboxylic acids is 1. The molecule has 11 nitrogen and oxygen atoms in total. The van der Waals surface area contributed by atoms with Crippen LogP contribution < -0.4 is 26.6 Å². The Morgan fingerprint density at radius 1 is 0.744 bits per heavy atom. The second-order valence-electron chi connectivity index (χ2n) is 9.34. The largest absolute Gasteiger partial charge is 0.481 e. The molecule has 0 aromatic heterocycles. The Labute approximate surface area is 246 Å².